The van der Waals surface area contributed by atoms with Gasteiger partial charge in [-0.2, -0.15) is 126 Å². The van der Waals surface area contributed by atoms with E-state index in [-0.39, 0.29) is 183 Å². The number of hydrogen-bond donors (Lipinski definition) is 13. The molecule has 0 aliphatic carbocycles. The van der Waals surface area contributed by atoms with E-state index in [2.05, 4.69) is 178 Å². The number of nitrogens with zero attached hydrogens (tertiary/aromatic N) is 2. The fourth-order valence-electron chi connectivity index (χ4n) is 13.4. The van der Waals surface area contributed by atoms with Crippen molar-refractivity contribution in [2.24, 2.45) is 0 Å². The number of phenols is 1. The summed E-state index contributed by atoms with van der Waals surface area (Å²) >= 11 is 58.1. The number of aryl methyl sites for hydroxylation is 3. The average molecular weight is 2420 g/mol. The summed E-state index contributed by atoms with van der Waals surface area (Å²) in [7, 11) is 2.59. The van der Waals surface area contributed by atoms with Crippen molar-refractivity contribution in [3.63, 3.8) is 0 Å². The Morgan fingerprint density at radius 3 is 1.43 bits per heavy atom. The third-order valence-electron chi connectivity index (χ3n) is 20.9. The van der Waals surface area contributed by atoms with Gasteiger partial charge < -0.3 is 29.2 Å². The van der Waals surface area contributed by atoms with Crippen molar-refractivity contribution >= 4 is 305 Å². The quantitative estimate of drug-likeness (QED) is 0.00586. The lowest BCUT2D eigenvalue weighted by atomic mass is 9.98. The number of aliphatic hydroxyl groups is 2. The first kappa shape index (κ1) is 131. The lowest BCUT2D eigenvalue weighted by molar-refractivity contribution is -0.116. The third kappa shape index (κ3) is 45.5. The number of carbonyl (C=O) groups excluding carboxylic acids is 12. The van der Waals surface area contributed by atoms with E-state index in [0.29, 0.717) is 101 Å². The fourth-order valence-corrected chi connectivity index (χ4v) is 16.7. The SMILES string of the molecule is COC(=O)c1cc(Cl)ccc1CC(=O)CS.COC(=O)c1ccc(CC(=O)CS)c(Cl)c1.Cc1ccc(CC(=O)CS)c(CO)c1.Cc1ccc(CC(=O)CS)cc1.Cc1cccc(CO)c1CC(=O)CS.O=C(CS)Cc1c(F)cc(Br)cc1F.O=C(CS)Cc1ccc(Br)cc1F.O=C(CS)Cc1ccc(O)c2ncccc12.O=C(CS)Cc1ccc2oc(=O)c3ccccc3c2c1.O=C(CS)Cc1nc2ccc(F)cc2s1. The molecular weight excluding hydrogens is 2310 g/mol. The van der Waals surface area contributed by atoms with E-state index in [1.54, 1.807) is 91.1 Å². The van der Waals surface area contributed by atoms with Crippen molar-refractivity contribution in [3.8, 4) is 5.75 Å². The first-order valence-electron chi connectivity index (χ1n) is 45.1. The summed E-state index contributed by atoms with van der Waals surface area (Å²) in [6.07, 6.45) is 4.04. The Morgan fingerprint density at radius 2 is 0.867 bits per heavy atom. The molecule has 0 unspecified atom stereocenters. The van der Waals surface area contributed by atoms with Gasteiger partial charge in [0.2, 0.25) is 0 Å². The molecule has 0 atom stereocenters. The summed E-state index contributed by atoms with van der Waals surface area (Å²) in [5.41, 5.74) is 13.4. The van der Waals surface area contributed by atoms with Crippen LogP contribution in [-0.2, 0) is 135 Å². The monoisotopic (exact) mass is 2420 g/mol. The van der Waals surface area contributed by atoms with E-state index in [1.165, 1.54) is 61.5 Å². The fraction of sp³-hybridized carbons (Fsp3) is 0.245. The number of pyridine rings is 1. The van der Waals surface area contributed by atoms with Gasteiger partial charge in [-0.25, -0.2) is 36.9 Å². The molecule has 3 N–H and O–H groups in total. The molecule has 0 amide bonds. The van der Waals surface area contributed by atoms with Crippen LogP contribution in [0.1, 0.15) is 104 Å². The maximum absolute atomic E-state index is 13.2. The Balaban J connectivity index is 0.000000294. The zero-order valence-electron chi connectivity index (χ0n) is 81.5. The van der Waals surface area contributed by atoms with Crippen LogP contribution in [0.3, 0.4) is 0 Å². The van der Waals surface area contributed by atoms with Gasteiger partial charge in [0, 0.05) is 157 Å². The number of methoxy groups -OCH3 is 2. The number of esters is 2. The van der Waals surface area contributed by atoms with Gasteiger partial charge in [-0.1, -0.05) is 181 Å². The largest absolute Gasteiger partial charge is 0.506 e. The second-order valence-electron chi connectivity index (χ2n) is 32.3. The number of rotatable bonds is 34. The normalized spacial score (nSPS) is 10.3. The second kappa shape index (κ2) is 69.9. The highest BCUT2D eigenvalue weighted by Gasteiger charge is 2.20. The Morgan fingerprint density at radius 1 is 0.393 bits per heavy atom. The van der Waals surface area contributed by atoms with E-state index >= 15 is 0 Å². The number of carbonyl (C=O) groups is 12. The van der Waals surface area contributed by atoms with Crippen LogP contribution < -0.4 is 5.63 Å². The maximum Gasteiger partial charge on any atom is 0.344 e. The lowest BCUT2D eigenvalue weighted by Gasteiger charge is -2.09. The van der Waals surface area contributed by atoms with E-state index in [0.717, 1.165) is 93.6 Å². The molecule has 0 bridgehead atoms. The van der Waals surface area contributed by atoms with Gasteiger partial charge in [0.1, 0.15) is 103 Å². The molecule has 0 saturated carbocycles. The number of Topliss-reactive ketones (excluding diaryl/α,β-unsaturated/α-hetero) is 10. The molecule has 3 aromatic heterocycles. The van der Waals surface area contributed by atoms with Gasteiger partial charge in [0.15, 0.2) is 0 Å². The smallest absolute Gasteiger partial charge is 0.344 e. The number of aromatic nitrogens is 2. The molecule has 40 heteroatoms. The molecular formula is C110H108Br2Cl2F4N2O19S11. The van der Waals surface area contributed by atoms with Crippen molar-refractivity contribution in [3.05, 3.63) is 365 Å². The van der Waals surface area contributed by atoms with Crippen LogP contribution >= 0.6 is 193 Å². The van der Waals surface area contributed by atoms with Crippen molar-refractivity contribution in [1.82, 2.24) is 9.97 Å². The van der Waals surface area contributed by atoms with Crippen molar-refractivity contribution < 1.29 is 104 Å². The molecule has 0 radical (unpaired) electrons. The summed E-state index contributed by atoms with van der Waals surface area (Å²) in [6, 6.07) is 60.0. The summed E-state index contributed by atoms with van der Waals surface area (Å²) in [6.45, 7) is 5.90. The van der Waals surface area contributed by atoms with Gasteiger partial charge in [-0.15, -0.1) is 11.3 Å². The van der Waals surface area contributed by atoms with Crippen LogP contribution in [0.25, 0.3) is 42.9 Å². The Hall–Kier alpha value is -9.69. The molecule has 0 fully saturated rings. The predicted molar refractivity (Wildman–Crippen MR) is 628 cm³/mol. The Kier molecular flexibility index (Phi) is 60.9. The highest BCUT2D eigenvalue weighted by Crippen LogP contribution is 2.31. The summed E-state index contributed by atoms with van der Waals surface area (Å²) < 4.78 is 68.6. The molecule has 21 nitrogen and oxygen atoms in total. The van der Waals surface area contributed by atoms with Gasteiger partial charge >= 0.3 is 17.6 Å². The molecule has 0 spiro atoms. The maximum atomic E-state index is 13.2. The van der Waals surface area contributed by atoms with Crippen molar-refractivity contribution in [2.45, 2.75) is 98.2 Å². The Labute approximate surface area is 951 Å². The number of halogens is 8. The molecule has 0 aliphatic rings. The molecule has 150 heavy (non-hydrogen) atoms. The highest BCUT2D eigenvalue weighted by atomic mass is 79.9. The van der Waals surface area contributed by atoms with Gasteiger partial charge in [-0.05, 0) is 184 Å². The molecule has 794 valence electrons. The van der Waals surface area contributed by atoms with Crippen LogP contribution in [0, 0.1) is 44.0 Å². The van der Waals surface area contributed by atoms with E-state index in [9.17, 15) is 85.0 Å². The molecule has 14 aromatic rings. The van der Waals surface area contributed by atoms with Crippen LogP contribution in [-0.4, -0.2) is 167 Å². The number of thiol groups is 10. The van der Waals surface area contributed by atoms with Crippen LogP contribution in [0.5, 0.6) is 5.75 Å². The average Bonchev–Trinajstić information content (AvgIpc) is 0.855. The minimum Gasteiger partial charge on any atom is -0.506 e. The third-order valence-corrected chi connectivity index (χ3v) is 27.0. The second-order valence-corrected chi connectivity index (χ2v) is 39.3. The number of phenolic OH excluding ortho intramolecular Hbond substituents is 1. The van der Waals surface area contributed by atoms with Crippen molar-refractivity contribution in [2.75, 3.05) is 71.7 Å². The number of ketones is 10. The minimum absolute atomic E-state index is 0.0170. The standard InChI is InChI=1S/C16H12O3S.C12H11NO2S.2C11H11ClO3S.2C11H14O2S.C10H8FNOS2.C10H12OS.C9H7BrF2OS.C9H8BrFOS/c17-11(9-20)7-10-5-6-15-14(8-10)12-3-1-2-4-13(12)16(18)19-15;14-9(7-16)6-8-3-4-11(15)12-10(8)2-1-5-13-12;1-15-11(14)10-5-8(12)3-2-7(10)4-9(13)6-16;1-15-11(14)8-3-2-7(10(12)5-8)4-9(13)6-16;1-8-2-3-9(5-11(13)7-14)10(4-8)6-12;1-8-3-2-4-9(6-12)11(8)5-10(13)7-14;11-6-1-2-8-9(3-6)15-10(12-8)4-7(13)5-14;1-8-2-4-9(5-3-8)6-10(11)7-12;10-5-1-8(11)7(9(12)2-5)3-6(13)4-14;10-7-2-1-6(9(11)4-7)3-8(12)5-13/h1-6,8,20H,7,9H2;1-5,15-16H,6-7H2;2*2-3,5,16H,4,6H2,1H3;2*2-4,12,14H,5-7H2,1H3;1-3,14H,4-5H2;2-5,12H,6-7H2,1H3;1-2,14H,3-4H2;1-2,4,13H,3,5H2. The number of ether oxygens (including phenoxy) is 2. The zero-order chi connectivity index (χ0) is 111. The Bertz CT molecular complexity index is 7090. The molecule has 0 aliphatic heterocycles. The number of fused-ring (bicyclic) bond motifs is 5. The summed E-state index contributed by atoms with van der Waals surface area (Å²) in [4.78, 5) is 155. The van der Waals surface area contributed by atoms with Crippen LogP contribution in [0.4, 0.5) is 17.6 Å². The summed E-state index contributed by atoms with van der Waals surface area (Å²) in [5.74, 6) is -0.940. The van der Waals surface area contributed by atoms with Crippen molar-refractivity contribution in [1.29, 1.82) is 0 Å². The topological polar surface area (TPSA) is 340 Å². The number of hydrogen-bond acceptors (Lipinski definition) is 32. The molecule has 0 saturated heterocycles. The number of thiazole rings is 1. The van der Waals surface area contributed by atoms with Gasteiger partial charge in [0.05, 0.1) is 60.6 Å². The van der Waals surface area contributed by atoms with Crippen LogP contribution in [0.2, 0.25) is 10.0 Å². The first-order chi connectivity index (χ1) is 71.5. The summed E-state index contributed by atoms with van der Waals surface area (Å²) in [5, 5.41) is 32.4. The molecule has 14 rings (SSSR count). The predicted octanol–water partition coefficient (Wildman–Crippen LogP) is 22.3. The zero-order valence-corrected chi connectivity index (χ0v) is 96.0. The first-order valence-corrected chi connectivity index (χ1v) is 54.5. The molecule has 3 heterocycles. The minimum atomic E-state index is -0.716. The van der Waals surface area contributed by atoms with E-state index in [4.69, 9.17) is 37.8 Å². The lowest BCUT2D eigenvalue weighted by Crippen LogP contribution is -2.11. The van der Waals surface area contributed by atoms with Gasteiger partial charge in [0.25, 0.3) is 0 Å². The van der Waals surface area contributed by atoms with Crippen LogP contribution in [0.15, 0.2) is 237 Å². The van der Waals surface area contributed by atoms with E-state index in [1.807, 2.05) is 106 Å². The number of aromatic hydroxyl groups is 1. The van der Waals surface area contributed by atoms with E-state index < -0.39 is 23.6 Å². The van der Waals surface area contributed by atoms with Gasteiger partial charge in [-0.3, -0.25) is 52.9 Å². The highest BCUT2D eigenvalue weighted by molar-refractivity contribution is 9.10. The number of aliphatic hydroxyl groups excluding tert-OH is 2. The number of benzene rings is 11. The molecule has 11 aromatic carbocycles.